The van der Waals surface area contributed by atoms with Gasteiger partial charge in [-0.05, 0) is 17.7 Å². The Bertz CT molecular complexity index is 944. The van der Waals surface area contributed by atoms with Crippen molar-refractivity contribution in [3.8, 4) is 0 Å². The first-order valence-electron chi connectivity index (χ1n) is 6.64. The minimum atomic E-state index is -0.457. The molecule has 1 unspecified atom stereocenters. The molecule has 8 heteroatoms. The normalized spacial score (nSPS) is 17.3. The number of anilines is 1. The molecule has 0 spiro atoms. The molecule has 1 aliphatic rings. The summed E-state index contributed by atoms with van der Waals surface area (Å²) in [5.41, 5.74) is 0.747. The van der Waals surface area contributed by atoms with Crippen molar-refractivity contribution in [2.24, 2.45) is 0 Å². The van der Waals surface area contributed by atoms with Gasteiger partial charge in [-0.25, -0.2) is 4.39 Å². The first kappa shape index (κ1) is 12.7. The third-order valence-electron chi connectivity index (χ3n) is 3.75. The molecule has 0 aliphatic carbocycles. The van der Waals surface area contributed by atoms with E-state index >= 15 is 0 Å². The smallest absolute Gasteiger partial charge is 0.258 e. The predicted molar refractivity (Wildman–Crippen MR) is 75.1 cm³/mol. The van der Waals surface area contributed by atoms with Crippen LogP contribution in [0.5, 0.6) is 0 Å². The Balaban J connectivity index is 1.99. The van der Waals surface area contributed by atoms with E-state index in [1.54, 1.807) is 12.1 Å². The molecule has 0 saturated heterocycles. The number of hydrogen-bond acceptors (Lipinski definition) is 4. The number of halogens is 1. The summed E-state index contributed by atoms with van der Waals surface area (Å²) in [6, 6.07) is 5.77. The molecule has 2 N–H and O–H groups in total. The number of fused-ring (bicyclic) bond motifs is 3. The Kier molecular flexibility index (Phi) is 2.59. The van der Waals surface area contributed by atoms with Gasteiger partial charge in [0.2, 0.25) is 11.7 Å². The molecule has 0 bridgehead atoms. The number of carbonyl (C=O) groups excluding carboxylic acids is 1. The van der Waals surface area contributed by atoms with Crippen LogP contribution >= 0.6 is 0 Å². The first-order valence-corrected chi connectivity index (χ1v) is 6.64. The van der Waals surface area contributed by atoms with Crippen LogP contribution in [-0.2, 0) is 4.79 Å². The van der Waals surface area contributed by atoms with Crippen LogP contribution in [0.1, 0.15) is 23.5 Å². The monoisotopic (exact) mass is 299 g/mol. The van der Waals surface area contributed by atoms with Gasteiger partial charge in [0.15, 0.2) is 0 Å². The van der Waals surface area contributed by atoms with Crippen molar-refractivity contribution in [1.29, 1.82) is 0 Å². The van der Waals surface area contributed by atoms with E-state index in [-0.39, 0.29) is 29.5 Å². The van der Waals surface area contributed by atoms with Gasteiger partial charge in [0.1, 0.15) is 18.0 Å². The Hall–Kier alpha value is -3.03. The molecule has 3 aromatic rings. The lowest BCUT2D eigenvalue weighted by molar-refractivity contribution is -0.116. The molecule has 4 rings (SSSR count). The van der Waals surface area contributed by atoms with E-state index in [1.807, 2.05) is 0 Å². The molecule has 0 radical (unpaired) electrons. The predicted octanol–water partition coefficient (Wildman–Crippen LogP) is 1.03. The molecule has 0 fully saturated rings. The van der Waals surface area contributed by atoms with Gasteiger partial charge in [0.25, 0.3) is 5.56 Å². The van der Waals surface area contributed by atoms with Crippen LogP contribution in [0.25, 0.3) is 5.78 Å². The van der Waals surface area contributed by atoms with Crippen LogP contribution in [0.15, 0.2) is 35.4 Å². The molecule has 1 atom stereocenters. The number of aromatic nitrogens is 4. The summed E-state index contributed by atoms with van der Waals surface area (Å²) >= 11 is 0. The van der Waals surface area contributed by atoms with Crippen molar-refractivity contribution >= 4 is 17.5 Å². The van der Waals surface area contributed by atoms with Gasteiger partial charge in [-0.3, -0.25) is 14.6 Å². The molecule has 1 aliphatic heterocycles. The SMILES string of the molecule is O=C1CC(c2ccc(F)cc2)c2c(n3ncnc3[nH]c2=O)N1. The summed E-state index contributed by atoms with van der Waals surface area (Å²) in [4.78, 5) is 30.9. The minimum Gasteiger partial charge on any atom is -0.310 e. The van der Waals surface area contributed by atoms with Crippen LogP contribution in [0.4, 0.5) is 10.2 Å². The van der Waals surface area contributed by atoms with Crippen molar-refractivity contribution in [3.63, 3.8) is 0 Å². The van der Waals surface area contributed by atoms with Crippen molar-refractivity contribution < 1.29 is 9.18 Å². The molecule has 2 aromatic heterocycles. The van der Waals surface area contributed by atoms with E-state index in [4.69, 9.17) is 0 Å². The lowest BCUT2D eigenvalue weighted by atomic mass is 9.87. The number of benzene rings is 1. The topological polar surface area (TPSA) is 92.2 Å². The van der Waals surface area contributed by atoms with Gasteiger partial charge < -0.3 is 5.32 Å². The average molecular weight is 299 g/mol. The van der Waals surface area contributed by atoms with Crippen LogP contribution in [0.3, 0.4) is 0 Å². The van der Waals surface area contributed by atoms with E-state index in [9.17, 15) is 14.0 Å². The molecule has 0 saturated carbocycles. The average Bonchev–Trinajstić information content (AvgIpc) is 2.95. The van der Waals surface area contributed by atoms with Gasteiger partial charge in [0, 0.05) is 12.3 Å². The second kappa shape index (κ2) is 4.48. The van der Waals surface area contributed by atoms with E-state index in [0.717, 1.165) is 0 Å². The lowest BCUT2D eigenvalue weighted by Crippen LogP contribution is -2.32. The lowest BCUT2D eigenvalue weighted by Gasteiger charge is -2.24. The van der Waals surface area contributed by atoms with Gasteiger partial charge in [0.05, 0.1) is 5.56 Å². The summed E-state index contributed by atoms with van der Waals surface area (Å²) in [7, 11) is 0. The highest BCUT2D eigenvalue weighted by atomic mass is 19.1. The zero-order chi connectivity index (χ0) is 15.3. The van der Waals surface area contributed by atoms with Crippen molar-refractivity contribution in [3.05, 3.63) is 57.9 Å². The summed E-state index contributed by atoms with van der Waals surface area (Å²) in [5, 5.41) is 6.68. The number of carbonyl (C=O) groups is 1. The number of nitrogens with one attached hydrogen (secondary N) is 2. The Morgan fingerprint density at radius 3 is 2.77 bits per heavy atom. The van der Waals surface area contributed by atoms with E-state index in [1.165, 1.54) is 23.0 Å². The summed E-state index contributed by atoms with van der Waals surface area (Å²) in [6.45, 7) is 0. The second-order valence-corrected chi connectivity index (χ2v) is 5.07. The number of amides is 1. The molecular formula is C14H10FN5O2. The Labute approximate surface area is 122 Å². The molecule has 110 valence electrons. The number of aromatic amines is 1. The van der Waals surface area contributed by atoms with Crippen molar-refractivity contribution in [2.45, 2.75) is 12.3 Å². The third-order valence-corrected chi connectivity index (χ3v) is 3.75. The van der Waals surface area contributed by atoms with Gasteiger partial charge in [-0.2, -0.15) is 14.6 Å². The first-order chi connectivity index (χ1) is 10.6. The number of nitrogens with zero attached hydrogens (tertiary/aromatic N) is 3. The minimum absolute atomic E-state index is 0.113. The number of H-pyrrole nitrogens is 1. The molecule has 1 amide bonds. The highest BCUT2D eigenvalue weighted by molar-refractivity contribution is 5.94. The molecule has 7 nitrogen and oxygen atoms in total. The summed E-state index contributed by atoms with van der Waals surface area (Å²) < 4.78 is 14.5. The second-order valence-electron chi connectivity index (χ2n) is 5.07. The van der Waals surface area contributed by atoms with E-state index in [0.29, 0.717) is 16.9 Å². The number of hydrogen-bond donors (Lipinski definition) is 2. The Morgan fingerprint density at radius 2 is 2.00 bits per heavy atom. The maximum Gasteiger partial charge on any atom is 0.258 e. The quantitative estimate of drug-likeness (QED) is 0.702. The third kappa shape index (κ3) is 1.80. The highest BCUT2D eigenvalue weighted by Gasteiger charge is 2.31. The highest BCUT2D eigenvalue weighted by Crippen LogP contribution is 2.34. The molecule has 3 heterocycles. The fraction of sp³-hybridized carbons (Fsp3) is 0.143. The zero-order valence-electron chi connectivity index (χ0n) is 11.2. The fourth-order valence-electron chi connectivity index (χ4n) is 2.77. The van der Waals surface area contributed by atoms with Crippen molar-refractivity contribution in [1.82, 2.24) is 19.6 Å². The van der Waals surface area contributed by atoms with Gasteiger partial charge in [-0.15, -0.1) is 0 Å². The maximum atomic E-state index is 13.1. The van der Waals surface area contributed by atoms with E-state index < -0.39 is 5.92 Å². The van der Waals surface area contributed by atoms with Crippen molar-refractivity contribution in [2.75, 3.05) is 5.32 Å². The van der Waals surface area contributed by atoms with Gasteiger partial charge >= 0.3 is 0 Å². The van der Waals surface area contributed by atoms with Crippen LogP contribution in [0.2, 0.25) is 0 Å². The zero-order valence-corrected chi connectivity index (χ0v) is 11.2. The summed E-state index contributed by atoms with van der Waals surface area (Å²) in [6.07, 6.45) is 1.40. The van der Waals surface area contributed by atoms with Crippen LogP contribution in [0, 0.1) is 5.82 Å². The van der Waals surface area contributed by atoms with Gasteiger partial charge in [-0.1, -0.05) is 12.1 Å². The van der Waals surface area contributed by atoms with E-state index in [2.05, 4.69) is 20.4 Å². The number of rotatable bonds is 1. The fourth-order valence-corrected chi connectivity index (χ4v) is 2.77. The summed E-state index contributed by atoms with van der Waals surface area (Å²) in [5.74, 6) is -0.499. The standard InChI is InChI=1S/C14H10FN5O2/c15-8-3-1-7(2-4-8)9-5-10(21)18-12-11(9)13(22)19-14-16-6-17-20(12)14/h1-4,6,9H,5H2,(H,18,21)(H,16,17,19,22). The maximum absolute atomic E-state index is 13.1. The Morgan fingerprint density at radius 1 is 1.23 bits per heavy atom. The largest absolute Gasteiger partial charge is 0.310 e. The molecular weight excluding hydrogens is 289 g/mol. The van der Waals surface area contributed by atoms with Crippen LogP contribution in [-0.4, -0.2) is 25.5 Å². The molecule has 1 aromatic carbocycles. The molecule has 22 heavy (non-hydrogen) atoms. The van der Waals surface area contributed by atoms with Crippen LogP contribution < -0.4 is 10.9 Å².